The standard InChI is InChI=1S/C18H16F3N5O3S/c1-12(13-2-6-15(7-3-13)26-11-22-10-23-26)25-30(28,29)16-8-4-14(5-9-16)24-17(27)18(19,20)21/h2-12,25H,1H3,(H,24,27). The van der Waals surface area contributed by atoms with Crippen LogP contribution in [-0.2, 0) is 14.8 Å². The summed E-state index contributed by atoms with van der Waals surface area (Å²) in [5.41, 5.74) is 1.27. The SMILES string of the molecule is CC(NS(=O)(=O)c1ccc(NC(=O)C(F)(F)F)cc1)c1ccc(-n2cncn2)cc1. The number of nitrogens with zero attached hydrogens (tertiary/aromatic N) is 3. The predicted molar refractivity (Wildman–Crippen MR) is 101 cm³/mol. The Morgan fingerprint density at radius 2 is 1.70 bits per heavy atom. The second-order valence-corrected chi connectivity index (χ2v) is 7.96. The molecule has 12 heteroatoms. The number of sulfonamides is 1. The Hall–Kier alpha value is -3.25. The Morgan fingerprint density at radius 3 is 2.23 bits per heavy atom. The predicted octanol–water partition coefficient (Wildman–Crippen LogP) is 2.81. The minimum atomic E-state index is -5.04. The molecule has 2 aromatic carbocycles. The van der Waals surface area contributed by atoms with Gasteiger partial charge in [-0.25, -0.2) is 22.8 Å². The minimum absolute atomic E-state index is 0.154. The molecule has 3 rings (SSSR count). The lowest BCUT2D eigenvalue weighted by molar-refractivity contribution is -0.167. The average molecular weight is 439 g/mol. The summed E-state index contributed by atoms with van der Waals surface area (Å²) in [5.74, 6) is -2.14. The maximum Gasteiger partial charge on any atom is 0.471 e. The maximum atomic E-state index is 12.6. The number of hydrogen-bond acceptors (Lipinski definition) is 5. The normalized spacial score (nSPS) is 13.1. The number of nitrogens with one attached hydrogen (secondary N) is 2. The zero-order chi connectivity index (χ0) is 21.9. The molecule has 0 aliphatic rings. The van der Waals surface area contributed by atoms with Crippen LogP contribution in [0.5, 0.6) is 0 Å². The fourth-order valence-electron chi connectivity index (χ4n) is 2.55. The molecule has 0 radical (unpaired) electrons. The van der Waals surface area contributed by atoms with Crippen molar-refractivity contribution in [1.82, 2.24) is 19.5 Å². The first kappa shape index (κ1) is 21.5. The van der Waals surface area contributed by atoms with E-state index in [1.165, 1.54) is 12.7 Å². The molecule has 0 aliphatic heterocycles. The summed E-state index contributed by atoms with van der Waals surface area (Å²) >= 11 is 0. The van der Waals surface area contributed by atoms with Crippen LogP contribution in [0.25, 0.3) is 5.69 Å². The second kappa shape index (κ2) is 8.24. The molecule has 1 amide bonds. The molecule has 158 valence electrons. The van der Waals surface area contributed by atoms with E-state index in [2.05, 4.69) is 14.8 Å². The summed E-state index contributed by atoms with van der Waals surface area (Å²) in [6.07, 6.45) is -2.11. The molecule has 0 bridgehead atoms. The molecule has 1 unspecified atom stereocenters. The maximum absolute atomic E-state index is 12.6. The Labute approximate surface area is 169 Å². The lowest BCUT2D eigenvalue weighted by Gasteiger charge is -2.15. The number of carbonyl (C=O) groups is 1. The van der Waals surface area contributed by atoms with Crippen LogP contribution in [0.15, 0.2) is 66.1 Å². The number of benzene rings is 2. The Bertz CT molecular complexity index is 1110. The van der Waals surface area contributed by atoms with Crippen molar-refractivity contribution in [2.45, 2.75) is 24.0 Å². The topological polar surface area (TPSA) is 106 Å². The van der Waals surface area contributed by atoms with Gasteiger partial charge in [-0.05, 0) is 48.9 Å². The Morgan fingerprint density at radius 1 is 1.07 bits per heavy atom. The van der Waals surface area contributed by atoms with Gasteiger partial charge < -0.3 is 5.32 Å². The number of aromatic nitrogens is 3. The van der Waals surface area contributed by atoms with E-state index in [1.54, 1.807) is 41.2 Å². The first-order chi connectivity index (χ1) is 14.1. The smallest absolute Gasteiger partial charge is 0.318 e. The van der Waals surface area contributed by atoms with Gasteiger partial charge in [-0.15, -0.1) is 0 Å². The van der Waals surface area contributed by atoms with Gasteiger partial charge in [-0.2, -0.15) is 18.3 Å². The average Bonchev–Trinajstić information content (AvgIpc) is 3.22. The van der Waals surface area contributed by atoms with Crippen molar-refractivity contribution >= 4 is 21.6 Å². The highest BCUT2D eigenvalue weighted by atomic mass is 32.2. The highest BCUT2D eigenvalue weighted by Gasteiger charge is 2.38. The van der Waals surface area contributed by atoms with Gasteiger partial charge in [0.2, 0.25) is 10.0 Å². The van der Waals surface area contributed by atoms with E-state index in [0.717, 1.165) is 30.0 Å². The molecular weight excluding hydrogens is 423 g/mol. The molecule has 30 heavy (non-hydrogen) atoms. The molecule has 0 saturated carbocycles. The summed E-state index contributed by atoms with van der Waals surface area (Å²) < 4.78 is 66.0. The van der Waals surface area contributed by atoms with Crippen molar-refractivity contribution in [3.63, 3.8) is 0 Å². The van der Waals surface area contributed by atoms with Crippen molar-refractivity contribution < 1.29 is 26.4 Å². The van der Waals surface area contributed by atoms with Gasteiger partial charge >= 0.3 is 12.1 Å². The summed E-state index contributed by atoms with van der Waals surface area (Å²) in [6.45, 7) is 1.65. The van der Waals surface area contributed by atoms with Crippen molar-refractivity contribution in [2.24, 2.45) is 0 Å². The van der Waals surface area contributed by atoms with Gasteiger partial charge in [-0.3, -0.25) is 4.79 Å². The largest absolute Gasteiger partial charge is 0.471 e. The highest BCUT2D eigenvalue weighted by Crippen LogP contribution is 2.21. The van der Waals surface area contributed by atoms with Crippen molar-refractivity contribution in [3.8, 4) is 5.69 Å². The number of halogens is 3. The van der Waals surface area contributed by atoms with Crippen LogP contribution in [0, 0.1) is 0 Å². The summed E-state index contributed by atoms with van der Waals surface area (Å²) in [6, 6.07) is 10.8. The van der Waals surface area contributed by atoms with Crippen LogP contribution in [0.4, 0.5) is 18.9 Å². The third-order valence-corrected chi connectivity index (χ3v) is 5.64. The second-order valence-electron chi connectivity index (χ2n) is 6.25. The Balaban J connectivity index is 1.69. The van der Waals surface area contributed by atoms with Gasteiger partial charge in [-0.1, -0.05) is 12.1 Å². The van der Waals surface area contributed by atoms with Gasteiger partial charge in [0.15, 0.2) is 0 Å². The van der Waals surface area contributed by atoms with Crippen LogP contribution in [0.1, 0.15) is 18.5 Å². The first-order valence-corrected chi connectivity index (χ1v) is 10.00. The molecule has 1 aromatic heterocycles. The number of carbonyl (C=O) groups excluding carboxylic acids is 1. The molecule has 0 saturated heterocycles. The Kier molecular flexibility index (Phi) is 5.89. The highest BCUT2D eigenvalue weighted by molar-refractivity contribution is 7.89. The van der Waals surface area contributed by atoms with E-state index in [0.29, 0.717) is 5.56 Å². The van der Waals surface area contributed by atoms with E-state index < -0.39 is 28.1 Å². The summed E-state index contributed by atoms with van der Waals surface area (Å²) in [4.78, 5) is 14.6. The van der Waals surface area contributed by atoms with Crippen molar-refractivity contribution in [1.29, 1.82) is 0 Å². The van der Waals surface area contributed by atoms with Crippen LogP contribution < -0.4 is 10.0 Å². The molecule has 0 aliphatic carbocycles. The van der Waals surface area contributed by atoms with E-state index in [1.807, 2.05) is 0 Å². The molecule has 8 nitrogen and oxygen atoms in total. The summed E-state index contributed by atoms with van der Waals surface area (Å²) in [5, 5.41) is 5.66. The third kappa shape index (κ3) is 5.02. The van der Waals surface area contributed by atoms with Crippen LogP contribution in [0.2, 0.25) is 0 Å². The molecule has 0 spiro atoms. The lowest BCUT2D eigenvalue weighted by Crippen LogP contribution is -2.30. The minimum Gasteiger partial charge on any atom is -0.318 e. The van der Waals surface area contributed by atoms with Crippen LogP contribution in [-0.4, -0.2) is 35.3 Å². The fraction of sp³-hybridized carbons (Fsp3) is 0.167. The van der Waals surface area contributed by atoms with E-state index in [4.69, 9.17) is 0 Å². The zero-order valence-electron chi connectivity index (χ0n) is 15.5. The third-order valence-electron chi connectivity index (χ3n) is 4.09. The van der Waals surface area contributed by atoms with Crippen molar-refractivity contribution in [3.05, 3.63) is 66.7 Å². The van der Waals surface area contributed by atoms with Crippen LogP contribution >= 0.6 is 0 Å². The van der Waals surface area contributed by atoms with Gasteiger partial charge in [0, 0.05) is 11.7 Å². The monoisotopic (exact) mass is 439 g/mol. The van der Waals surface area contributed by atoms with Crippen LogP contribution in [0.3, 0.4) is 0 Å². The molecule has 1 heterocycles. The zero-order valence-corrected chi connectivity index (χ0v) is 16.3. The van der Waals surface area contributed by atoms with Gasteiger partial charge in [0.1, 0.15) is 12.7 Å². The van der Waals surface area contributed by atoms with E-state index >= 15 is 0 Å². The number of anilines is 1. The number of rotatable bonds is 6. The molecular formula is C18H16F3N5O3S. The van der Waals surface area contributed by atoms with Crippen molar-refractivity contribution in [2.75, 3.05) is 5.32 Å². The summed E-state index contributed by atoms with van der Waals surface area (Å²) in [7, 11) is -3.95. The lowest BCUT2D eigenvalue weighted by atomic mass is 10.1. The van der Waals surface area contributed by atoms with Gasteiger partial charge in [0.05, 0.1) is 10.6 Å². The number of hydrogen-bond donors (Lipinski definition) is 2. The van der Waals surface area contributed by atoms with E-state index in [9.17, 15) is 26.4 Å². The molecule has 3 aromatic rings. The number of amides is 1. The van der Waals surface area contributed by atoms with Gasteiger partial charge in [0.25, 0.3) is 0 Å². The number of alkyl halides is 3. The molecule has 0 fully saturated rings. The molecule has 2 N–H and O–H groups in total. The van der Waals surface area contributed by atoms with E-state index in [-0.39, 0.29) is 10.6 Å². The molecule has 1 atom stereocenters. The first-order valence-electron chi connectivity index (χ1n) is 8.52. The quantitative estimate of drug-likeness (QED) is 0.615. The fourth-order valence-corrected chi connectivity index (χ4v) is 3.78.